The lowest BCUT2D eigenvalue weighted by Crippen LogP contribution is -2.42. The van der Waals surface area contributed by atoms with Gasteiger partial charge in [0.1, 0.15) is 17.3 Å². The molecule has 1 aromatic rings. The standard InChI is InChI=1S/C20H31N5O3/c1-3-28-20(27)25-12-8-16(9-13-25)23-18-14-17(21-15(2)22-18)19(26)24-10-6-4-5-7-11-24/h14,16H,3-13H2,1-2H3,(H,21,22,23). The second-order valence-corrected chi connectivity index (χ2v) is 7.50. The highest BCUT2D eigenvalue weighted by molar-refractivity contribution is 5.93. The molecule has 2 saturated heterocycles. The first-order valence-electron chi connectivity index (χ1n) is 10.4. The molecule has 8 nitrogen and oxygen atoms in total. The molecule has 0 spiro atoms. The van der Waals surface area contributed by atoms with Crippen LogP contribution in [0, 0.1) is 6.92 Å². The predicted molar refractivity (Wildman–Crippen MR) is 106 cm³/mol. The van der Waals surface area contributed by atoms with Crippen molar-refractivity contribution in [2.75, 3.05) is 38.1 Å². The zero-order chi connectivity index (χ0) is 19.9. The Morgan fingerprint density at radius 3 is 2.39 bits per heavy atom. The van der Waals surface area contributed by atoms with Crippen LogP contribution < -0.4 is 5.32 Å². The molecule has 0 radical (unpaired) electrons. The normalized spacial score (nSPS) is 18.5. The molecule has 2 aliphatic heterocycles. The largest absolute Gasteiger partial charge is 0.450 e. The minimum absolute atomic E-state index is 0.00687. The highest BCUT2D eigenvalue weighted by Gasteiger charge is 2.25. The van der Waals surface area contributed by atoms with Crippen molar-refractivity contribution in [2.24, 2.45) is 0 Å². The third kappa shape index (κ3) is 5.33. The van der Waals surface area contributed by atoms with Gasteiger partial charge in [0.05, 0.1) is 6.61 Å². The molecule has 3 rings (SSSR count). The molecule has 0 aliphatic carbocycles. The smallest absolute Gasteiger partial charge is 0.409 e. The molecule has 0 saturated carbocycles. The minimum atomic E-state index is -0.246. The summed E-state index contributed by atoms with van der Waals surface area (Å²) in [4.78, 5) is 37.2. The van der Waals surface area contributed by atoms with Gasteiger partial charge in [0.25, 0.3) is 5.91 Å². The SMILES string of the molecule is CCOC(=O)N1CCC(Nc2cc(C(=O)N3CCCCCC3)nc(C)n2)CC1. The van der Waals surface area contributed by atoms with Gasteiger partial charge in [-0.2, -0.15) is 0 Å². The quantitative estimate of drug-likeness (QED) is 0.852. The molecule has 1 N–H and O–H groups in total. The first kappa shape index (κ1) is 20.4. The number of ether oxygens (including phenoxy) is 1. The third-order valence-electron chi connectivity index (χ3n) is 5.32. The van der Waals surface area contributed by atoms with E-state index < -0.39 is 0 Å². The Bertz CT molecular complexity index is 680. The number of aryl methyl sites for hydroxylation is 1. The maximum atomic E-state index is 12.9. The van der Waals surface area contributed by atoms with Crippen molar-refractivity contribution in [3.63, 3.8) is 0 Å². The van der Waals surface area contributed by atoms with Gasteiger partial charge in [0.2, 0.25) is 0 Å². The van der Waals surface area contributed by atoms with E-state index in [1.54, 1.807) is 11.0 Å². The molecule has 8 heteroatoms. The van der Waals surface area contributed by atoms with E-state index in [2.05, 4.69) is 15.3 Å². The fourth-order valence-corrected chi connectivity index (χ4v) is 3.82. The van der Waals surface area contributed by atoms with Crippen LogP contribution in [-0.4, -0.2) is 70.6 Å². The summed E-state index contributed by atoms with van der Waals surface area (Å²) in [5.74, 6) is 1.26. The molecule has 2 aliphatic rings. The lowest BCUT2D eigenvalue weighted by Gasteiger charge is -2.32. The van der Waals surface area contributed by atoms with Crippen LogP contribution in [0.15, 0.2) is 6.07 Å². The highest BCUT2D eigenvalue weighted by atomic mass is 16.6. The Balaban J connectivity index is 1.61. The van der Waals surface area contributed by atoms with Crippen LogP contribution in [0.4, 0.5) is 10.6 Å². The molecule has 1 aromatic heterocycles. The fourth-order valence-electron chi connectivity index (χ4n) is 3.82. The molecule has 0 atom stereocenters. The van der Waals surface area contributed by atoms with Crippen LogP contribution in [0.2, 0.25) is 0 Å². The van der Waals surface area contributed by atoms with E-state index in [-0.39, 0.29) is 18.0 Å². The van der Waals surface area contributed by atoms with Gasteiger partial charge in [0, 0.05) is 38.3 Å². The van der Waals surface area contributed by atoms with E-state index in [0.29, 0.717) is 37.0 Å². The van der Waals surface area contributed by atoms with E-state index >= 15 is 0 Å². The predicted octanol–water partition coefficient (Wildman–Crippen LogP) is 2.83. The Kier molecular flexibility index (Phi) is 7.06. The van der Waals surface area contributed by atoms with Gasteiger partial charge < -0.3 is 19.9 Å². The number of aromatic nitrogens is 2. The van der Waals surface area contributed by atoms with E-state index in [4.69, 9.17) is 4.74 Å². The van der Waals surface area contributed by atoms with Gasteiger partial charge in [-0.25, -0.2) is 14.8 Å². The van der Waals surface area contributed by atoms with Crippen molar-refractivity contribution < 1.29 is 14.3 Å². The molecule has 0 bridgehead atoms. The van der Waals surface area contributed by atoms with Gasteiger partial charge >= 0.3 is 6.09 Å². The molecule has 2 amide bonds. The summed E-state index contributed by atoms with van der Waals surface area (Å²) in [5.41, 5.74) is 0.459. The van der Waals surface area contributed by atoms with Gasteiger partial charge in [-0.15, -0.1) is 0 Å². The summed E-state index contributed by atoms with van der Waals surface area (Å²) >= 11 is 0. The Hall–Kier alpha value is -2.38. The average Bonchev–Trinajstić information content (AvgIpc) is 2.97. The van der Waals surface area contributed by atoms with Crippen LogP contribution in [0.25, 0.3) is 0 Å². The van der Waals surface area contributed by atoms with Crippen molar-refractivity contribution in [1.29, 1.82) is 0 Å². The second kappa shape index (κ2) is 9.71. The van der Waals surface area contributed by atoms with Crippen LogP contribution >= 0.6 is 0 Å². The summed E-state index contributed by atoms with van der Waals surface area (Å²) in [6, 6.07) is 1.97. The summed E-state index contributed by atoms with van der Waals surface area (Å²) in [5, 5.41) is 3.42. The van der Waals surface area contributed by atoms with Crippen LogP contribution in [0.1, 0.15) is 61.8 Å². The average molecular weight is 390 g/mol. The summed E-state index contributed by atoms with van der Waals surface area (Å²) < 4.78 is 5.06. The number of amides is 2. The fraction of sp³-hybridized carbons (Fsp3) is 0.700. The number of anilines is 1. The Labute approximate surface area is 166 Å². The lowest BCUT2D eigenvalue weighted by atomic mass is 10.1. The maximum Gasteiger partial charge on any atom is 0.409 e. The van der Waals surface area contributed by atoms with Gasteiger partial charge in [-0.05, 0) is 39.5 Å². The topological polar surface area (TPSA) is 87.7 Å². The first-order chi connectivity index (χ1) is 13.6. The summed E-state index contributed by atoms with van der Waals surface area (Å²) in [6.45, 7) is 6.93. The Morgan fingerprint density at radius 1 is 1.07 bits per heavy atom. The van der Waals surface area contributed by atoms with Crippen LogP contribution in [0.3, 0.4) is 0 Å². The number of nitrogens with one attached hydrogen (secondary N) is 1. The zero-order valence-electron chi connectivity index (χ0n) is 16.9. The number of piperidine rings is 1. The minimum Gasteiger partial charge on any atom is -0.450 e. The molecule has 154 valence electrons. The van der Waals surface area contributed by atoms with Gasteiger partial charge in [-0.1, -0.05) is 12.8 Å². The van der Waals surface area contributed by atoms with Crippen molar-refractivity contribution in [1.82, 2.24) is 19.8 Å². The van der Waals surface area contributed by atoms with E-state index in [0.717, 1.165) is 38.8 Å². The van der Waals surface area contributed by atoms with Crippen molar-refractivity contribution in [3.8, 4) is 0 Å². The number of carbonyl (C=O) groups is 2. The Morgan fingerprint density at radius 2 is 1.75 bits per heavy atom. The highest BCUT2D eigenvalue weighted by Crippen LogP contribution is 2.18. The molecule has 3 heterocycles. The monoisotopic (exact) mass is 389 g/mol. The number of hydrogen-bond acceptors (Lipinski definition) is 6. The molecule has 0 unspecified atom stereocenters. The molecular formula is C20H31N5O3. The van der Waals surface area contributed by atoms with Gasteiger partial charge in [-0.3, -0.25) is 4.79 Å². The summed E-state index contributed by atoms with van der Waals surface area (Å²) in [7, 11) is 0. The number of rotatable bonds is 4. The van der Waals surface area contributed by atoms with Gasteiger partial charge in [0.15, 0.2) is 0 Å². The van der Waals surface area contributed by atoms with Crippen LogP contribution in [-0.2, 0) is 4.74 Å². The second-order valence-electron chi connectivity index (χ2n) is 7.50. The molecule has 0 aromatic carbocycles. The number of nitrogens with zero attached hydrogens (tertiary/aromatic N) is 4. The molecule has 28 heavy (non-hydrogen) atoms. The van der Waals surface area contributed by atoms with Crippen molar-refractivity contribution >= 4 is 17.8 Å². The van der Waals surface area contributed by atoms with Crippen molar-refractivity contribution in [3.05, 3.63) is 17.6 Å². The number of carbonyl (C=O) groups excluding carboxylic acids is 2. The third-order valence-corrected chi connectivity index (χ3v) is 5.32. The van der Waals surface area contributed by atoms with E-state index in [1.165, 1.54) is 12.8 Å². The van der Waals surface area contributed by atoms with E-state index in [9.17, 15) is 9.59 Å². The number of hydrogen-bond donors (Lipinski definition) is 1. The van der Waals surface area contributed by atoms with Crippen molar-refractivity contribution in [2.45, 2.75) is 58.4 Å². The zero-order valence-corrected chi connectivity index (χ0v) is 16.9. The number of likely N-dealkylation sites (tertiary alicyclic amines) is 2. The first-order valence-corrected chi connectivity index (χ1v) is 10.4. The molecular weight excluding hydrogens is 358 g/mol. The molecule has 2 fully saturated rings. The van der Waals surface area contributed by atoms with Crippen LogP contribution in [0.5, 0.6) is 0 Å². The lowest BCUT2D eigenvalue weighted by molar-refractivity contribution is 0.0755. The summed E-state index contributed by atoms with van der Waals surface area (Å²) in [6.07, 6.45) is 5.87. The maximum absolute atomic E-state index is 12.9. The van der Waals surface area contributed by atoms with E-state index in [1.807, 2.05) is 18.7 Å².